The van der Waals surface area contributed by atoms with Crippen molar-refractivity contribution in [2.45, 2.75) is 58.9 Å². The summed E-state index contributed by atoms with van der Waals surface area (Å²) in [5, 5.41) is 0. The second-order valence-electron chi connectivity index (χ2n) is 8.28. The number of piperidine rings is 1. The number of nitrogens with zero attached hydrogens (tertiary/aromatic N) is 1. The number of fused-ring (bicyclic) bond motifs is 2. The Kier molecular flexibility index (Phi) is 4.39. The summed E-state index contributed by atoms with van der Waals surface area (Å²) in [4.78, 5) is 14.8. The Hall–Kier alpha value is -0.460. The fraction of sp³-hybridized carbons (Fsp3) is 0.941. The van der Waals surface area contributed by atoms with Gasteiger partial charge in [0.1, 0.15) is 5.78 Å². The van der Waals surface area contributed by atoms with Gasteiger partial charge in [0.2, 0.25) is 10.0 Å². The van der Waals surface area contributed by atoms with Crippen molar-refractivity contribution in [2.75, 3.05) is 25.4 Å². The minimum Gasteiger partial charge on any atom is -0.302 e. The van der Waals surface area contributed by atoms with Crippen molar-refractivity contribution in [3.05, 3.63) is 0 Å². The molecule has 2 bridgehead atoms. The predicted molar refractivity (Wildman–Crippen MR) is 90.6 cm³/mol. The summed E-state index contributed by atoms with van der Waals surface area (Å²) in [6.07, 6.45) is 4.20. The zero-order valence-electron chi connectivity index (χ0n) is 14.6. The van der Waals surface area contributed by atoms with Crippen LogP contribution in [0.25, 0.3) is 0 Å². The van der Waals surface area contributed by atoms with E-state index >= 15 is 0 Å². The van der Waals surface area contributed by atoms with Crippen LogP contribution in [0.4, 0.5) is 0 Å². The van der Waals surface area contributed by atoms with Crippen LogP contribution in [-0.4, -0.2) is 50.5 Å². The Labute approximate surface area is 140 Å². The van der Waals surface area contributed by atoms with Crippen molar-refractivity contribution in [3.63, 3.8) is 0 Å². The van der Waals surface area contributed by atoms with Gasteiger partial charge in [-0.3, -0.25) is 4.79 Å². The molecule has 1 heterocycles. The number of rotatable bonds is 5. The van der Waals surface area contributed by atoms with Crippen LogP contribution in [0.2, 0.25) is 0 Å². The van der Waals surface area contributed by atoms with E-state index in [-0.39, 0.29) is 23.0 Å². The number of carbonyl (C=O) groups excluding carboxylic acids is 1. The van der Waals surface area contributed by atoms with Gasteiger partial charge in [0.15, 0.2) is 0 Å². The predicted octanol–water partition coefficient (Wildman–Crippen LogP) is 1.79. The van der Waals surface area contributed by atoms with E-state index in [9.17, 15) is 13.2 Å². The number of likely N-dealkylation sites (N-methyl/N-ethyl adjacent to an activating group) is 1. The van der Waals surface area contributed by atoms with E-state index in [0.717, 1.165) is 45.3 Å². The second kappa shape index (κ2) is 5.81. The summed E-state index contributed by atoms with van der Waals surface area (Å²) >= 11 is 0. The molecule has 0 aromatic rings. The van der Waals surface area contributed by atoms with Gasteiger partial charge in [-0.05, 0) is 50.1 Å². The third-order valence-electron chi connectivity index (χ3n) is 6.87. The van der Waals surface area contributed by atoms with Crippen molar-refractivity contribution >= 4 is 15.8 Å². The highest BCUT2D eigenvalue weighted by Crippen LogP contribution is 2.64. The van der Waals surface area contributed by atoms with Gasteiger partial charge in [-0.1, -0.05) is 20.8 Å². The summed E-state index contributed by atoms with van der Waals surface area (Å²) in [5.41, 5.74) is -0.858. The minimum atomic E-state index is -3.44. The Morgan fingerprint density at radius 2 is 2.04 bits per heavy atom. The molecule has 3 atom stereocenters. The molecule has 5 nitrogen and oxygen atoms in total. The zero-order valence-corrected chi connectivity index (χ0v) is 15.4. The molecule has 0 radical (unpaired) electrons. The van der Waals surface area contributed by atoms with Gasteiger partial charge < -0.3 is 4.90 Å². The molecule has 0 amide bonds. The molecule has 132 valence electrons. The Bertz CT molecular complexity index is 587. The molecular weight excluding hydrogens is 312 g/mol. The third kappa shape index (κ3) is 2.87. The fourth-order valence-corrected chi connectivity index (χ4v) is 7.28. The minimum absolute atomic E-state index is 0.0121. The first-order valence-electron chi connectivity index (χ1n) is 8.96. The Balaban J connectivity index is 1.72. The van der Waals surface area contributed by atoms with Crippen molar-refractivity contribution in [1.82, 2.24) is 9.62 Å². The molecule has 3 aliphatic rings. The molecular formula is C17H30N2O3S. The molecule has 6 heteroatoms. The van der Waals surface area contributed by atoms with E-state index in [1.54, 1.807) is 0 Å². The van der Waals surface area contributed by atoms with Gasteiger partial charge in [-0.25, -0.2) is 13.1 Å². The zero-order chi connectivity index (χ0) is 16.9. The molecule has 23 heavy (non-hydrogen) atoms. The van der Waals surface area contributed by atoms with Crippen molar-refractivity contribution in [3.8, 4) is 0 Å². The topological polar surface area (TPSA) is 66.5 Å². The van der Waals surface area contributed by atoms with E-state index in [1.807, 2.05) is 0 Å². The number of ketones is 1. The lowest BCUT2D eigenvalue weighted by Gasteiger charge is -2.37. The van der Waals surface area contributed by atoms with E-state index in [1.165, 1.54) is 0 Å². The second-order valence-corrected chi connectivity index (χ2v) is 10.0. The standard InChI is InChI=1S/C17H30N2O3S/c1-4-19-9-5-6-14(11-19)18-23(21,22)12-17-8-7-13(10-15(17)20)16(17,2)3/h13-14,18H,4-12H2,1-3H3/t13-,14+,17-/m0/s1. The first-order valence-corrected chi connectivity index (χ1v) is 10.6. The summed E-state index contributed by atoms with van der Waals surface area (Å²) in [6.45, 7) is 9.06. The largest absolute Gasteiger partial charge is 0.302 e. The lowest BCUT2D eigenvalue weighted by Crippen LogP contribution is -2.51. The van der Waals surface area contributed by atoms with Gasteiger partial charge in [0, 0.05) is 24.4 Å². The maximum Gasteiger partial charge on any atom is 0.212 e. The van der Waals surface area contributed by atoms with Crippen LogP contribution in [0.1, 0.15) is 52.9 Å². The third-order valence-corrected chi connectivity index (χ3v) is 8.44. The van der Waals surface area contributed by atoms with Crippen molar-refractivity contribution in [2.24, 2.45) is 16.7 Å². The smallest absolute Gasteiger partial charge is 0.212 e. The van der Waals surface area contributed by atoms with Gasteiger partial charge >= 0.3 is 0 Å². The highest BCUT2D eigenvalue weighted by Gasteiger charge is 2.65. The molecule has 0 aromatic heterocycles. The van der Waals surface area contributed by atoms with Gasteiger partial charge in [-0.15, -0.1) is 0 Å². The Morgan fingerprint density at radius 1 is 1.30 bits per heavy atom. The molecule has 0 aromatic carbocycles. The highest BCUT2D eigenvalue weighted by atomic mass is 32.2. The van der Waals surface area contributed by atoms with Gasteiger partial charge in [0.05, 0.1) is 5.75 Å². The molecule has 0 unspecified atom stereocenters. The van der Waals surface area contributed by atoms with E-state index in [0.29, 0.717) is 12.3 Å². The average molecular weight is 343 g/mol. The van der Waals surface area contributed by atoms with Crippen molar-refractivity contribution in [1.29, 1.82) is 0 Å². The molecule has 2 saturated carbocycles. The summed E-state index contributed by atoms with van der Waals surface area (Å²) < 4.78 is 28.5. The molecule has 1 aliphatic heterocycles. The lowest BCUT2D eigenvalue weighted by atomic mass is 9.70. The lowest BCUT2D eigenvalue weighted by molar-refractivity contribution is -0.128. The quantitative estimate of drug-likeness (QED) is 0.827. The molecule has 0 spiro atoms. The summed E-state index contributed by atoms with van der Waals surface area (Å²) in [7, 11) is -3.44. The number of hydrogen-bond acceptors (Lipinski definition) is 4. The number of nitrogens with one attached hydrogen (secondary N) is 1. The van der Waals surface area contributed by atoms with Crippen LogP contribution < -0.4 is 4.72 Å². The number of hydrogen-bond donors (Lipinski definition) is 1. The Morgan fingerprint density at radius 3 is 2.61 bits per heavy atom. The summed E-state index contributed by atoms with van der Waals surface area (Å²) in [5.74, 6) is 0.503. The normalized spacial score (nSPS) is 37.4. The monoisotopic (exact) mass is 342 g/mol. The van der Waals surface area contributed by atoms with Gasteiger partial charge in [-0.2, -0.15) is 0 Å². The van der Waals surface area contributed by atoms with Crippen LogP contribution >= 0.6 is 0 Å². The fourth-order valence-electron chi connectivity index (χ4n) is 5.17. The van der Waals surface area contributed by atoms with Gasteiger partial charge in [0.25, 0.3) is 0 Å². The number of Topliss-reactive ketones (excluding diaryl/α,β-unsaturated/α-hetero) is 1. The summed E-state index contributed by atoms with van der Waals surface area (Å²) in [6, 6.07) is -0.0121. The molecule has 3 fully saturated rings. The maximum absolute atomic E-state index is 12.8. The highest BCUT2D eigenvalue weighted by molar-refractivity contribution is 7.89. The van der Waals surface area contributed by atoms with Crippen LogP contribution in [0, 0.1) is 16.7 Å². The van der Waals surface area contributed by atoms with E-state index < -0.39 is 15.4 Å². The van der Waals surface area contributed by atoms with Crippen LogP contribution in [0.3, 0.4) is 0 Å². The van der Waals surface area contributed by atoms with E-state index in [2.05, 4.69) is 30.4 Å². The molecule has 1 N–H and O–H groups in total. The molecule has 2 aliphatic carbocycles. The van der Waals surface area contributed by atoms with Crippen molar-refractivity contribution < 1.29 is 13.2 Å². The number of sulfonamides is 1. The van der Waals surface area contributed by atoms with Crippen LogP contribution in [0.15, 0.2) is 0 Å². The SMILES string of the molecule is CCN1CCC[C@@H](NS(=O)(=O)C[C@@]23CC[C@@H](CC2=O)C3(C)C)C1. The molecule has 3 rings (SSSR count). The number of likely N-dealkylation sites (tertiary alicyclic amines) is 1. The first kappa shape index (κ1) is 17.4. The number of carbonyl (C=O) groups is 1. The van der Waals surface area contributed by atoms with E-state index in [4.69, 9.17) is 0 Å². The molecule has 1 saturated heterocycles. The van der Waals surface area contributed by atoms with Crippen LogP contribution in [-0.2, 0) is 14.8 Å². The average Bonchev–Trinajstić information content (AvgIpc) is 2.80. The maximum atomic E-state index is 12.8. The van der Waals surface area contributed by atoms with Crippen LogP contribution in [0.5, 0.6) is 0 Å². The first-order chi connectivity index (χ1) is 10.7.